The van der Waals surface area contributed by atoms with E-state index in [0.29, 0.717) is 17.5 Å². The first-order chi connectivity index (χ1) is 25.0. The van der Waals surface area contributed by atoms with Crippen LogP contribution in [0.3, 0.4) is 0 Å². The third kappa shape index (κ3) is 5.58. The Morgan fingerprint density at radius 2 is 1.15 bits per heavy atom. The summed E-state index contributed by atoms with van der Waals surface area (Å²) in [7, 11) is 0. The molecule has 263 valence electrons. The molecule has 3 heterocycles. The fraction of sp³-hybridized carbons (Fsp3) is 0.191. The second-order valence-electron chi connectivity index (χ2n) is 15.5. The van der Waals surface area contributed by atoms with Crippen molar-refractivity contribution in [3.8, 4) is 56.5 Å². The van der Waals surface area contributed by atoms with Gasteiger partial charge >= 0.3 is 0 Å². The summed E-state index contributed by atoms with van der Waals surface area (Å²) in [5.41, 5.74) is 9.99. The molecule has 0 unspecified atom stereocenters. The zero-order chi connectivity index (χ0) is 35.8. The summed E-state index contributed by atoms with van der Waals surface area (Å²) in [6.45, 7) is 14.2. The molecule has 53 heavy (non-hydrogen) atoms. The van der Waals surface area contributed by atoms with E-state index in [9.17, 15) is 0 Å². The Hall–Kier alpha value is -4.87. The number of hydrogen-bond donors (Lipinski definition) is 0. The SMILES string of the molecule is CC1(C)c2c[c-]c(-c3ccc(-c4ccc(-c5nc(-c6ccccc6)nc(-c6cccc7c6sc6ccccc67)n5)cc4)cn3)cc2C(C)(C)C1(C)C.[Ir]. The van der Waals surface area contributed by atoms with Crippen molar-refractivity contribution >= 4 is 31.5 Å². The largest absolute Gasteiger partial charge is 0.304 e. The first kappa shape index (κ1) is 35.2. The maximum atomic E-state index is 5.09. The summed E-state index contributed by atoms with van der Waals surface area (Å²) in [4.78, 5) is 20.0. The van der Waals surface area contributed by atoms with Gasteiger partial charge in [0.2, 0.25) is 0 Å². The van der Waals surface area contributed by atoms with Gasteiger partial charge < -0.3 is 4.98 Å². The summed E-state index contributed by atoms with van der Waals surface area (Å²) in [6, 6.07) is 45.9. The van der Waals surface area contributed by atoms with Crippen LogP contribution in [0, 0.1) is 11.5 Å². The molecule has 1 aliphatic carbocycles. The van der Waals surface area contributed by atoms with E-state index in [0.717, 1.165) is 39.1 Å². The van der Waals surface area contributed by atoms with Crippen LogP contribution in [0.4, 0.5) is 0 Å². The van der Waals surface area contributed by atoms with E-state index in [1.54, 1.807) is 11.3 Å². The minimum absolute atomic E-state index is 0. The van der Waals surface area contributed by atoms with Crippen molar-refractivity contribution in [2.24, 2.45) is 5.41 Å². The van der Waals surface area contributed by atoms with Crippen molar-refractivity contribution in [2.75, 3.05) is 0 Å². The van der Waals surface area contributed by atoms with E-state index in [1.165, 1.54) is 31.3 Å². The van der Waals surface area contributed by atoms with Gasteiger partial charge in [-0.05, 0) is 45.2 Å². The van der Waals surface area contributed by atoms with E-state index in [-0.39, 0.29) is 36.4 Å². The van der Waals surface area contributed by atoms with Crippen molar-refractivity contribution in [1.29, 1.82) is 0 Å². The van der Waals surface area contributed by atoms with Crippen LogP contribution in [0.1, 0.15) is 52.7 Å². The summed E-state index contributed by atoms with van der Waals surface area (Å²) in [5, 5.41) is 2.47. The van der Waals surface area contributed by atoms with Gasteiger partial charge in [-0.15, -0.1) is 46.2 Å². The first-order valence-corrected chi connectivity index (χ1v) is 18.7. The predicted octanol–water partition coefficient (Wildman–Crippen LogP) is 12.4. The van der Waals surface area contributed by atoms with Crippen molar-refractivity contribution < 1.29 is 20.1 Å². The normalized spacial score (nSPS) is 15.3. The van der Waals surface area contributed by atoms with Gasteiger partial charge in [-0.3, -0.25) is 0 Å². The molecule has 0 amide bonds. The molecule has 8 aromatic rings. The average molecular weight is 884 g/mol. The Morgan fingerprint density at radius 3 is 1.87 bits per heavy atom. The van der Waals surface area contributed by atoms with Crippen molar-refractivity contribution in [2.45, 2.75) is 52.4 Å². The number of benzene rings is 5. The molecule has 1 aliphatic rings. The Bertz CT molecular complexity index is 2640. The topological polar surface area (TPSA) is 51.6 Å². The molecule has 0 fully saturated rings. The average Bonchev–Trinajstić information content (AvgIpc) is 3.61. The number of thiophene rings is 1. The number of rotatable bonds is 5. The van der Waals surface area contributed by atoms with E-state index in [2.05, 4.69) is 139 Å². The smallest absolute Gasteiger partial charge is 0.165 e. The van der Waals surface area contributed by atoms with Crippen LogP contribution in [0.25, 0.3) is 76.7 Å². The molecular formula is C47H39IrN4S-. The first-order valence-electron chi connectivity index (χ1n) is 17.9. The summed E-state index contributed by atoms with van der Waals surface area (Å²) < 4.78 is 2.43. The van der Waals surface area contributed by atoms with Gasteiger partial charge in [0.25, 0.3) is 0 Å². The fourth-order valence-electron chi connectivity index (χ4n) is 7.93. The number of pyridine rings is 1. The van der Waals surface area contributed by atoms with Gasteiger partial charge in [0.05, 0.1) is 0 Å². The van der Waals surface area contributed by atoms with Crippen LogP contribution in [-0.4, -0.2) is 19.9 Å². The van der Waals surface area contributed by atoms with Gasteiger partial charge in [-0.25, -0.2) is 15.0 Å². The quantitative estimate of drug-likeness (QED) is 0.162. The summed E-state index contributed by atoms with van der Waals surface area (Å²) in [5.74, 6) is 1.97. The maximum absolute atomic E-state index is 5.09. The molecule has 4 nitrogen and oxygen atoms in total. The minimum atomic E-state index is 0. The molecule has 9 rings (SSSR count). The molecule has 0 saturated carbocycles. The van der Waals surface area contributed by atoms with Gasteiger partial charge in [-0.1, -0.05) is 139 Å². The maximum Gasteiger partial charge on any atom is 0.165 e. The van der Waals surface area contributed by atoms with Crippen LogP contribution in [0.2, 0.25) is 0 Å². The molecule has 0 spiro atoms. The molecule has 0 N–H and O–H groups in total. The molecule has 0 saturated heterocycles. The molecule has 3 aromatic heterocycles. The third-order valence-electron chi connectivity index (χ3n) is 12.3. The number of fused-ring (bicyclic) bond motifs is 4. The second-order valence-corrected chi connectivity index (χ2v) is 16.6. The number of hydrogen-bond acceptors (Lipinski definition) is 5. The fourth-order valence-corrected chi connectivity index (χ4v) is 9.14. The molecule has 6 heteroatoms. The Morgan fingerprint density at radius 1 is 0.547 bits per heavy atom. The molecular weight excluding hydrogens is 845 g/mol. The van der Waals surface area contributed by atoms with Crippen LogP contribution in [0.5, 0.6) is 0 Å². The Balaban J connectivity index is 0.00000400. The van der Waals surface area contributed by atoms with Crippen molar-refractivity contribution in [1.82, 2.24) is 19.9 Å². The van der Waals surface area contributed by atoms with Gasteiger partial charge in [0.1, 0.15) is 0 Å². The summed E-state index contributed by atoms with van der Waals surface area (Å²) in [6.07, 6.45) is 1.96. The second kappa shape index (κ2) is 12.9. The van der Waals surface area contributed by atoms with Gasteiger partial charge in [-0.2, -0.15) is 0 Å². The van der Waals surface area contributed by atoms with Crippen LogP contribution >= 0.6 is 11.3 Å². The zero-order valence-electron chi connectivity index (χ0n) is 30.7. The number of aromatic nitrogens is 4. The zero-order valence-corrected chi connectivity index (χ0v) is 33.9. The monoisotopic (exact) mass is 884 g/mol. The summed E-state index contributed by atoms with van der Waals surface area (Å²) >= 11 is 1.78. The standard InChI is InChI=1S/C47H39N4S.Ir/c1-45(2)37-25-23-32(27-38(37)46(3,4)47(45,5)6)39-26-24-33(28-48-39)29-19-21-31(22-20-29)43-49-42(30-13-8-7-9-14-30)50-44(51-43)36-17-12-16-35-34-15-10-11-18-40(34)52-41(35)36;/h7-22,24-28H,1-6H3;/q-1;. The molecule has 0 atom stereocenters. The van der Waals surface area contributed by atoms with E-state index < -0.39 is 0 Å². The third-order valence-corrected chi connectivity index (χ3v) is 13.5. The van der Waals surface area contributed by atoms with E-state index >= 15 is 0 Å². The Labute approximate surface area is 328 Å². The molecule has 0 aliphatic heterocycles. The molecule has 5 aromatic carbocycles. The van der Waals surface area contributed by atoms with Gasteiger partial charge in [0.15, 0.2) is 17.5 Å². The number of nitrogens with zero attached hydrogens (tertiary/aromatic N) is 4. The van der Waals surface area contributed by atoms with Crippen LogP contribution < -0.4 is 0 Å². The van der Waals surface area contributed by atoms with Crippen LogP contribution in [0.15, 0.2) is 128 Å². The minimum Gasteiger partial charge on any atom is -0.304 e. The van der Waals surface area contributed by atoms with Crippen molar-refractivity contribution in [3.63, 3.8) is 0 Å². The van der Waals surface area contributed by atoms with E-state index in [1.807, 2.05) is 36.5 Å². The van der Waals surface area contributed by atoms with E-state index in [4.69, 9.17) is 19.9 Å². The predicted molar refractivity (Wildman–Crippen MR) is 216 cm³/mol. The van der Waals surface area contributed by atoms with Gasteiger partial charge in [0, 0.05) is 63.2 Å². The Kier molecular flexibility index (Phi) is 8.57. The molecule has 0 bridgehead atoms. The van der Waals surface area contributed by atoms with Crippen molar-refractivity contribution in [3.05, 3.63) is 145 Å². The molecule has 1 radical (unpaired) electrons. The van der Waals surface area contributed by atoms with Crippen LogP contribution in [-0.2, 0) is 30.9 Å².